The minimum absolute atomic E-state index is 0.693. The van der Waals surface area contributed by atoms with Gasteiger partial charge in [0.2, 0.25) is 6.17 Å². The molecule has 2 heteroatoms. The third-order valence-corrected chi connectivity index (χ3v) is 2.18. The summed E-state index contributed by atoms with van der Waals surface area (Å²) in [5.41, 5.74) is 0. The number of hydrogen-bond acceptors (Lipinski definition) is 1. The largest absolute Gasteiger partial charge is 0.259 e. The Morgan fingerprint density at radius 1 is 1.56 bits per heavy atom. The second kappa shape index (κ2) is 2.10. The highest BCUT2D eigenvalue weighted by atomic mass is 15.2. The molecule has 2 nitrogen and oxygen atoms in total. The van der Waals surface area contributed by atoms with Crippen LogP contribution in [0.15, 0.2) is 0 Å². The van der Waals surface area contributed by atoms with Gasteiger partial charge in [0.15, 0.2) is 0 Å². The molecule has 2 aliphatic heterocycles. The van der Waals surface area contributed by atoms with Gasteiger partial charge in [0.1, 0.15) is 12.8 Å². The molecule has 9 heavy (non-hydrogen) atoms. The van der Waals surface area contributed by atoms with Crippen molar-refractivity contribution in [3.8, 4) is 0 Å². The van der Waals surface area contributed by atoms with E-state index >= 15 is 0 Å². The first-order valence-electron chi connectivity index (χ1n) is 3.79. The van der Waals surface area contributed by atoms with Gasteiger partial charge in [-0.2, -0.15) is 0 Å². The number of fused-ring (bicyclic) bond motifs is 1. The average molecular weight is 125 g/mol. The van der Waals surface area contributed by atoms with Gasteiger partial charge in [0, 0.05) is 25.8 Å². The summed E-state index contributed by atoms with van der Waals surface area (Å²) in [4.78, 5) is 0. The molecule has 0 saturated carbocycles. The molecule has 0 aliphatic carbocycles. The van der Waals surface area contributed by atoms with Crippen LogP contribution in [0.2, 0.25) is 0 Å². The molecule has 2 heterocycles. The molecule has 50 valence electrons. The van der Waals surface area contributed by atoms with Gasteiger partial charge in [-0.1, -0.05) is 0 Å². The number of nitrogens with one attached hydrogen (secondary N) is 1. The Kier molecular flexibility index (Phi) is 1.27. The molecular formula is C7H13N2+. The van der Waals surface area contributed by atoms with Gasteiger partial charge < -0.3 is 0 Å². The Morgan fingerprint density at radius 3 is 3.44 bits per heavy atom. The molecule has 1 unspecified atom stereocenters. The zero-order valence-electron chi connectivity index (χ0n) is 5.64. The summed E-state index contributed by atoms with van der Waals surface area (Å²) in [6.45, 7) is 2.46. The van der Waals surface area contributed by atoms with E-state index < -0.39 is 0 Å². The van der Waals surface area contributed by atoms with Crippen molar-refractivity contribution in [3.63, 3.8) is 0 Å². The maximum Gasteiger partial charge on any atom is 0.206 e. The highest BCUT2D eigenvalue weighted by Crippen LogP contribution is 2.10. The topological polar surface area (TPSA) is 15.0 Å². The molecule has 1 atom stereocenters. The van der Waals surface area contributed by atoms with Crippen LogP contribution in [-0.4, -0.2) is 30.0 Å². The second-order valence-electron chi connectivity index (χ2n) is 2.82. The summed E-state index contributed by atoms with van der Waals surface area (Å²) in [5.74, 6) is 0. The van der Waals surface area contributed by atoms with Gasteiger partial charge in [-0.15, -0.1) is 0 Å². The van der Waals surface area contributed by atoms with Crippen molar-refractivity contribution in [1.82, 2.24) is 5.32 Å². The smallest absolute Gasteiger partial charge is 0.206 e. The highest BCUT2D eigenvalue weighted by molar-refractivity contribution is 5.52. The van der Waals surface area contributed by atoms with Crippen molar-refractivity contribution in [1.29, 1.82) is 0 Å². The van der Waals surface area contributed by atoms with Crippen LogP contribution in [0, 0.1) is 0 Å². The maximum atomic E-state index is 3.48. The lowest BCUT2D eigenvalue weighted by atomic mass is 10.3. The average Bonchev–Trinajstić information content (AvgIpc) is 2.33. The van der Waals surface area contributed by atoms with Gasteiger partial charge in [0.05, 0.1) is 0 Å². The van der Waals surface area contributed by atoms with Gasteiger partial charge in [-0.3, -0.25) is 5.32 Å². The summed E-state index contributed by atoms with van der Waals surface area (Å²) in [6, 6.07) is 0. The van der Waals surface area contributed by atoms with E-state index in [9.17, 15) is 0 Å². The fourth-order valence-corrected chi connectivity index (χ4v) is 1.71. The van der Waals surface area contributed by atoms with Gasteiger partial charge >= 0.3 is 0 Å². The molecule has 0 aromatic carbocycles. The Bertz CT molecular complexity index is 140. The molecule has 0 spiro atoms. The normalized spacial score (nSPS) is 33.8. The Labute approximate surface area is 55.6 Å². The minimum atomic E-state index is 0.693. The molecule has 1 fully saturated rings. The van der Waals surface area contributed by atoms with Gasteiger partial charge in [-0.05, 0) is 0 Å². The van der Waals surface area contributed by atoms with Crippen molar-refractivity contribution in [2.45, 2.75) is 25.4 Å². The van der Waals surface area contributed by atoms with E-state index in [1.54, 1.807) is 0 Å². The lowest BCUT2D eigenvalue weighted by Gasteiger charge is -2.12. The monoisotopic (exact) mass is 125 g/mol. The molecule has 1 N–H and O–H groups in total. The first-order valence-corrected chi connectivity index (χ1v) is 3.79. The fourth-order valence-electron chi connectivity index (χ4n) is 1.71. The van der Waals surface area contributed by atoms with E-state index in [0.29, 0.717) is 6.17 Å². The Hall–Kier alpha value is -0.370. The zero-order valence-corrected chi connectivity index (χ0v) is 5.64. The van der Waals surface area contributed by atoms with Crippen LogP contribution in [0.25, 0.3) is 0 Å². The molecule has 0 radical (unpaired) electrons. The van der Waals surface area contributed by atoms with Crippen LogP contribution < -0.4 is 5.32 Å². The number of nitrogens with zero attached hydrogens (tertiary/aromatic N) is 1. The van der Waals surface area contributed by atoms with Gasteiger partial charge in [0.25, 0.3) is 0 Å². The molecule has 1 saturated heterocycles. The molecule has 0 amide bonds. The SMILES string of the molecule is C1=[N+]2CCCC2NCC1. The molecule has 2 rings (SSSR count). The van der Waals surface area contributed by atoms with E-state index in [-0.39, 0.29) is 0 Å². The molecule has 0 aromatic rings. The maximum absolute atomic E-state index is 3.48. The van der Waals surface area contributed by atoms with Crippen molar-refractivity contribution >= 4 is 6.21 Å². The van der Waals surface area contributed by atoms with E-state index in [4.69, 9.17) is 0 Å². The summed E-state index contributed by atoms with van der Waals surface area (Å²) < 4.78 is 2.43. The summed E-state index contributed by atoms with van der Waals surface area (Å²) in [6.07, 6.45) is 6.97. The Morgan fingerprint density at radius 2 is 2.56 bits per heavy atom. The van der Waals surface area contributed by atoms with Crippen LogP contribution in [0.5, 0.6) is 0 Å². The van der Waals surface area contributed by atoms with E-state index in [1.807, 2.05) is 0 Å². The van der Waals surface area contributed by atoms with Crippen molar-refractivity contribution in [2.75, 3.05) is 13.1 Å². The first-order chi connectivity index (χ1) is 4.47. The van der Waals surface area contributed by atoms with Crippen LogP contribution in [0.4, 0.5) is 0 Å². The lowest BCUT2D eigenvalue weighted by molar-refractivity contribution is -0.550. The molecule has 0 aromatic heterocycles. The van der Waals surface area contributed by atoms with Crippen molar-refractivity contribution < 1.29 is 4.58 Å². The predicted octanol–water partition coefficient (Wildman–Crippen LogP) is 0.183. The molecule has 0 bridgehead atoms. The Balaban J connectivity index is 2.16. The quantitative estimate of drug-likeness (QED) is 0.456. The lowest BCUT2D eigenvalue weighted by Crippen LogP contribution is -2.40. The van der Waals surface area contributed by atoms with Crippen LogP contribution >= 0.6 is 0 Å². The first kappa shape index (κ1) is 5.42. The van der Waals surface area contributed by atoms with Crippen LogP contribution in [0.1, 0.15) is 19.3 Å². The third-order valence-electron chi connectivity index (χ3n) is 2.18. The van der Waals surface area contributed by atoms with Crippen molar-refractivity contribution in [3.05, 3.63) is 0 Å². The minimum Gasteiger partial charge on any atom is -0.259 e. The van der Waals surface area contributed by atoms with Crippen LogP contribution in [-0.2, 0) is 0 Å². The van der Waals surface area contributed by atoms with Crippen LogP contribution in [0.3, 0.4) is 0 Å². The molecular weight excluding hydrogens is 112 g/mol. The standard InChI is InChI=1S/C7H13N2/c1-3-7-8-4-2-6-9(7)5-1/h6-8H,1-5H2/q+1. The number of rotatable bonds is 0. The summed E-state index contributed by atoms with van der Waals surface area (Å²) >= 11 is 0. The summed E-state index contributed by atoms with van der Waals surface area (Å²) in [7, 11) is 0. The second-order valence-corrected chi connectivity index (χ2v) is 2.82. The van der Waals surface area contributed by atoms with Crippen molar-refractivity contribution in [2.24, 2.45) is 0 Å². The highest BCUT2D eigenvalue weighted by Gasteiger charge is 2.28. The predicted molar refractivity (Wildman–Crippen MR) is 36.8 cm³/mol. The summed E-state index contributed by atoms with van der Waals surface area (Å²) in [5, 5.41) is 3.48. The van der Waals surface area contributed by atoms with E-state index in [2.05, 4.69) is 16.1 Å². The zero-order chi connectivity index (χ0) is 6.10. The van der Waals surface area contributed by atoms with E-state index in [0.717, 1.165) is 0 Å². The molecule has 2 aliphatic rings. The van der Waals surface area contributed by atoms with E-state index in [1.165, 1.54) is 32.4 Å². The third kappa shape index (κ3) is 0.874. The fraction of sp³-hybridized carbons (Fsp3) is 0.857. The van der Waals surface area contributed by atoms with Gasteiger partial charge in [-0.25, -0.2) is 4.58 Å². The number of hydrogen-bond donors (Lipinski definition) is 1.